The van der Waals surface area contributed by atoms with Gasteiger partial charge in [-0.15, -0.1) is 0 Å². The number of carbonyl (C=O) groups is 1. The van der Waals surface area contributed by atoms with Crippen molar-refractivity contribution in [1.82, 2.24) is 9.88 Å². The van der Waals surface area contributed by atoms with Crippen molar-refractivity contribution in [2.75, 3.05) is 11.9 Å². The van der Waals surface area contributed by atoms with Crippen LogP contribution in [0.5, 0.6) is 11.6 Å². The maximum absolute atomic E-state index is 12.8. The summed E-state index contributed by atoms with van der Waals surface area (Å²) in [4.78, 5) is 19.5. The number of hydrogen-bond acceptors (Lipinski definition) is 4. The standard InChI is InChI=1S/C21H25N3O2/c25-21(19-11-4-5-14-24(19)17-7-6-8-17)23-16-12-13-20(22-15-16)26-18-9-2-1-3-10-18/h1-3,9-10,12-13,15,17,19H,4-8,11,14H2,(H,23,25). The molecule has 0 spiro atoms. The molecule has 5 nitrogen and oxygen atoms in total. The van der Waals surface area contributed by atoms with E-state index < -0.39 is 0 Å². The average Bonchev–Trinajstić information content (AvgIpc) is 2.63. The van der Waals surface area contributed by atoms with Crippen molar-refractivity contribution in [2.24, 2.45) is 0 Å². The van der Waals surface area contributed by atoms with E-state index in [1.54, 1.807) is 12.3 Å². The first-order chi connectivity index (χ1) is 12.8. The summed E-state index contributed by atoms with van der Waals surface area (Å²) in [5, 5.41) is 3.04. The van der Waals surface area contributed by atoms with E-state index in [1.807, 2.05) is 36.4 Å². The van der Waals surface area contributed by atoms with Crippen molar-refractivity contribution >= 4 is 11.6 Å². The van der Waals surface area contributed by atoms with Crippen LogP contribution in [0.1, 0.15) is 38.5 Å². The Morgan fingerprint density at radius 1 is 1.04 bits per heavy atom. The summed E-state index contributed by atoms with van der Waals surface area (Å²) in [5.74, 6) is 1.35. The number of aromatic nitrogens is 1. The van der Waals surface area contributed by atoms with Crippen LogP contribution in [0.4, 0.5) is 5.69 Å². The molecule has 1 N–H and O–H groups in total. The minimum atomic E-state index is -0.00528. The van der Waals surface area contributed by atoms with Gasteiger partial charge in [0.05, 0.1) is 17.9 Å². The SMILES string of the molecule is O=C(Nc1ccc(Oc2ccccc2)nc1)C1CCCCN1C1CCC1. The van der Waals surface area contributed by atoms with Crippen molar-refractivity contribution < 1.29 is 9.53 Å². The second kappa shape index (κ2) is 7.87. The third-order valence-corrected chi connectivity index (χ3v) is 5.36. The summed E-state index contributed by atoms with van der Waals surface area (Å²) in [7, 11) is 0. The van der Waals surface area contributed by atoms with Gasteiger partial charge in [-0.2, -0.15) is 0 Å². The van der Waals surface area contributed by atoms with Crippen LogP contribution in [-0.4, -0.2) is 34.4 Å². The fourth-order valence-corrected chi connectivity index (χ4v) is 3.74. The third-order valence-electron chi connectivity index (χ3n) is 5.36. The monoisotopic (exact) mass is 351 g/mol. The second-order valence-electron chi connectivity index (χ2n) is 7.12. The predicted molar refractivity (Wildman–Crippen MR) is 101 cm³/mol. The average molecular weight is 351 g/mol. The maximum atomic E-state index is 12.8. The molecular formula is C21H25N3O2. The van der Waals surface area contributed by atoms with Crippen LogP contribution in [0.3, 0.4) is 0 Å². The molecule has 1 amide bonds. The summed E-state index contributed by atoms with van der Waals surface area (Å²) in [6.07, 6.45) is 8.70. The van der Waals surface area contributed by atoms with E-state index >= 15 is 0 Å². The van der Waals surface area contributed by atoms with Crippen LogP contribution in [0.15, 0.2) is 48.7 Å². The van der Waals surface area contributed by atoms with Crippen molar-refractivity contribution in [3.63, 3.8) is 0 Å². The van der Waals surface area contributed by atoms with Gasteiger partial charge in [0.1, 0.15) is 5.75 Å². The number of carbonyl (C=O) groups excluding carboxylic acids is 1. The van der Waals surface area contributed by atoms with E-state index in [4.69, 9.17) is 4.74 Å². The predicted octanol–water partition coefficient (Wildman–Crippen LogP) is 4.22. The Kier molecular flexibility index (Phi) is 5.16. The van der Waals surface area contributed by atoms with Crippen LogP contribution in [0, 0.1) is 0 Å². The third kappa shape index (κ3) is 3.88. The molecule has 0 bridgehead atoms. The van der Waals surface area contributed by atoms with Gasteiger partial charge in [0.15, 0.2) is 0 Å². The number of benzene rings is 1. The Morgan fingerprint density at radius 2 is 1.88 bits per heavy atom. The molecule has 26 heavy (non-hydrogen) atoms. The van der Waals surface area contributed by atoms with E-state index in [9.17, 15) is 4.79 Å². The topological polar surface area (TPSA) is 54.5 Å². The lowest BCUT2D eigenvalue weighted by Gasteiger charge is -2.44. The van der Waals surface area contributed by atoms with Gasteiger partial charge in [0.25, 0.3) is 0 Å². The van der Waals surface area contributed by atoms with Crippen LogP contribution in [0.25, 0.3) is 0 Å². The number of anilines is 1. The van der Waals surface area contributed by atoms with E-state index in [1.165, 1.54) is 25.7 Å². The molecule has 4 rings (SSSR count). The van der Waals surface area contributed by atoms with Gasteiger partial charge in [0, 0.05) is 12.1 Å². The molecular weight excluding hydrogens is 326 g/mol. The van der Waals surface area contributed by atoms with Gasteiger partial charge in [-0.3, -0.25) is 9.69 Å². The van der Waals surface area contributed by atoms with E-state index in [-0.39, 0.29) is 11.9 Å². The molecule has 5 heteroatoms. The Balaban J connectivity index is 1.37. The molecule has 1 aromatic carbocycles. The zero-order valence-corrected chi connectivity index (χ0v) is 14.9. The fraction of sp³-hybridized carbons (Fsp3) is 0.429. The second-order valence-corrected chi connectivity index (χ2v) is 7.12. The minimum absolute atomic E-state index is 0.00528. The lowest BCUT2D eigenvalue weighted by atomic mass is 9.87. The van der Waals surface area contributed by atoms with E-state index in [0.29, 0.717) is 11.9 Å². The van der Waals surface area contributed by atoms with Crippen LogP contribution in [-0.2, 0) is 4.79 Å². The number of pyridine rings is 1. The van der Waals surface area contributed by atoms with Crippen molar-refractivity contribution in [3.05, 3.63) is 48.7 Å². The molecule has 1 aromatic heterocycles. The molecule has 1 aliphatic carbocycles. The summed E-state index contributed by atoms with van der Waals surface area (Å²) >= 11 is 0. The summed E-state index contributed by atoms with van der Waals surface area (Å²) in [5.41, 5.74) is 0.717. The molecule has 1 unspecified atom stereocenters. The number of ether oxygens (including phenoxy) is 1. The highest BCUT2D eigenvalue weighted by Crippen LogP contribution is 2.31. The van der Waals surface area contributed by atoms with Gasteiger partial charge < -0.3 is 10.1 Å². The van der Waals surface area contributed by atoms with Crippen molar-refractivity contribution in [3.8, 4) is 11.6 Å². The zero-order chi connectivity index (χ0) is 17.8. The number of piperidine rings is 1. The van der Waals surface area contributed by atoms with Crippen LogP contribution >= 0.6 is 0 Å². The molecule has 1 aliphatic heterocycles. The zero-order valence-electron chi connectivity index (χ0n) is 14.9. The largest absolute Gasteiger partial charge is 0.439 e. The lowest BCUT2D eigenvalue weighted by Crippen LogP contribution is -2.53. The first-order valence-electron chi connectivity index (χ1n) is 9.55. The van der Waals surface area contributed by atoms with E-state index in [2.05, 4.69) is 15.2 Å². The van der Waals surface area contributed by atoms with Crippen LogP contribution in [0.2, 0.25) is 0 Å². The minimum Gasteiger partial charge on any atom is -0.439 e. The Labute approximate surface area is 154 Å². The van der Waals surface area contributed by atoms with Gasteiger partial charge in [-0.05, 0) is 50.4 Å². The number of para-hydroxylation sites is 1. The molecule has 1 atom stereocenters. The molecule has 2 aromatic rings. The van der Waals surface area contributed by atoms with Crippen molar-refractivity contribution in [2.45, 2.75) is 50.6 Å². The lowest BCUT2D eigenvalue weighted by molar-refractivity contribution is -0.124. The smallest absolute Gasteiger partial charge is 0.241 e. The first kappa shape index (κ1) is 17.0. The number of nitrogens with one attached hydrogen (secondary N) is 1. The number of likely N-dealkylation sites (tertiary alicyclic amines) is 1. The first-order valence-corrected chi connectivity index (χ1v) is 9.55. The summed E-state index contributed by atoms with van der Waals surface area (Å²) in [6, 6.07) is 13.8. The fourth-order valence-electron chi connectivity index (χ4n) is 3.74. The summed E-state index contributed by atoms with van der Waals surface area (Å²) in [6.45, 7) is 1.05. The Bertz CT molecular complexity index is 729. The molecule has 2 heterocycles. The normalized spacial score (nSPS) is 21.0. The van der Waals surface area contributed by atoms with Gasteiger partial charge in [0.2, 0.25) is 11.8 Å². The van der Waals surface area contributed by atoms with Gasteiger partial charge in [-0.1, -0.05) is 31.0 Å². The number of rotatable bonds is 5. The highest BCUT2D eigenvalue weighted by molar-refractivity contribution is 5.94. The maximum Gasteiger partial charge on any atom is 0.241 e. The molecule has 2 fully saturated rings. The molecule has 136 valence electrons. The number of amides is 1. The highest BCUT2D eigenvalue weighted by Gasteiger charge is 2.35. The van der Waals surface area contributed by atoms with Crippen molar-refractivity contribution in [1.29, 1.82) is 0 Å². The Morgan fingerprint density at radius 3 is 2.58 bits per heavy atom. The van der Waals surface area contributed by atoms with Crippen LogP contribution < -0.4 is 10.1 Å². The molecule has 0 radical (unpaired) electrons. The Hall–Kier alpha value is -2.40. The van der Waals surface area contributed by atoms with Gasteiger partial charge >= 0.3 is 0 Å². The van der Waals surface area contributed by atoms with Gasteiger partial charge in [-0.25, -0.2) is 4.98 Å². The molecule has 2 aliphatic rings. The highest BCUT2D eigenvalue weighted by atomic mass is 16.5. The summed E-state index contributed by atoms with van der Waals surface area (Å²) < 4.78 is 5.69. The number of hydrogen-bond donors (Lipinski definition) is 1. The quantitative estimate of drug-likeness (QED) is 0.876. The molecule has 1 saturated carbocycles. The molecule has 1 saturated heterocycles. The number of nitrogens with zero attached hydrogens (tertiary/aromatic N) is 2. The van der Waals surface area contributed by atoms with E-state index in [0.717, 1.165) is 30.8 Å².